The third kappa shape index (κ3) is 3.71. The zero-order chi connectivity index (χ0) is 15.4. The summed E-state index contributed by atoms with van der Waals surface area (Å²) in [6.45, 7) is 3.40. The predicted molar refractivity (Wildman–Crippen MR) is 80.5 cm³/mol. The van der Waals surface area contributed by atoms with Gasteiger partial charge in [-0.1, -0.05) is 0 Å². The van der Waals surface area contributed by atoms with E-state index in [9.17, 15) is 9.90 Å². The lowest BCUT2D eigenvalue weighted by Crippen LogP contribution is -2.39. The van der Waals surface area contributed by atoms with Crippen molar-refractivity contribution in [3.8, 4) is 0 Å². The number of hydrogen-bond donors (Lipinski definition) is 1. The van der Waals surface area contributed by atoms with Gasteiger partial charge in [0.1, 0.15) is 11.4 Å². The molecule has 0 aromatic carbocycles. The first-order valence-electron chi connectivity index (χ1n) is 7.24. The van der Waals surface area contributed by atoms with Crippen molar-refractivity contribution in [2.45, 2.75) is 25.5 Å². The number of carbonyl (C=O) groups is 1. The molecule has 1 aliphatic heterocycles. The van der Waals surface area contributed by atoms with E-state index >= 15 is 0 Å². The maximum Gasteiger partial charge on any atom is 0.341 e. The molecule has 1 aliphatic rings. The fourth-order valence-corrected chi connectivity index (χ4v) is 2.74. The molecule has 2 heterocycles. The van der Waals surface area contributed by atoms with Gasteiger partial charge in [-0.15, -0.1) is 0 Å². The van der Waals surface area contributed by atoms with Crippen LogP contribution >= 0.6 is 0 Å². The highest BCUT2D eigenvalue weighted by molar-refractivity contribution is 5.94. The molecule has 0 radical (unpaired) electrons. The SMILES string of the molecule is CCOC(=O)c1cccnc1N1CC(O)CC1CN(C)C. The lowest BCUT2D eigenvalue weighted by atomic mass is 10.1. The van der Waals surface area contributed by atoms with Gasteiger partial charge < -0.3 is 19.6 Å². The Morgan fingerprint density at radius 3 is 3.00 bits per heavy atom. The standard InChI is InChI=1S/C15H23N3O3/c1-4-21-15(20)13-6-5-7-16-14(13)18-10-12(19)8-11(18)9-17(2)3/h5-7,11-12,19H,4,8-10H2,1-3H3. The molecule has 0 amide bonds. The van der Waals surface area contributed by atoms with Crippen molar-refractivity contribution < 1.29 is 14.6 Å². The molecule has 1 aromatic rings. The van der Waals surface area contributed by atoms with Gasteiger partial charge in [0.05, 0.1) is 12.7 Å². The number of aromatic nitrogens is 1. The topological polar surface area (TPSA) is 65.9 Å². The van der Waals surface area contributed by atoms with Crippen LogP contribution in [-0.2, 0) is 4.74 Å². The first kappa shape index (κ1) is 15.7. The summed E-state index contributed by atoms with van der Waals surface area (Å²) in [7, 11) is 3.99. The summed E-state index contributed by atoms with van der Waals surface area (Å²) < 4.78 is 5.09. The molecule has 2 rings (SSSR count). The number of anilines is 1. The van der Waals surface area contributed by atoms with Gasteiger partial charge >= 0.3 is 5.97 Å². The summed E-state index contributed by atoms with van der Waals surface area (Å²) in [4.78, 5) is 20.5. The second kappa shape index (κ2) is 6.87. The van der Waals surface area contributed by atoms with E-state index in [1.807, 2.05) is 19.0 Å². The van der Waals surface area contributed by atoms with Crippen LogP contribution in [0.25, 0.3) is 0 Å². The van der Waals surface area contributed by atoms with Crippen LogP contribution in [0.2, 0.25) is 0 Å². The van der Waals surface area contributed by atoms with Gasteiger partial charge in [-0.3, -0.25) is 0 Å². The van der Waals surface area contributed by atoms with Crippen LogP contribution in [0.15, 0.2) is 18.3 Å². The van der Waals surface area contributed by atoms with Crippen molar-refractivity contribution in [3.05, 3.63) is 23.9 Å². The lowest BCUT2D eigenvalue weighted by Gasteiger charge is -2.28. The van der Waals surface area contributed by atoms with Gasteiger partial charge in [-0.05, 0) is 39.6 Å². The number of aliphatic hydroxyl groups is 1. The normalized spacial score (nSPS) is 21.9. The Balaban J connectivity index is 2.29. The Labute approximate surface area is 125 Å². The molecule has 116 valence electrons. The molecule has 0 spiro atoms. The minimum Gasteiger partial charge on any atom is -0.462 e. The number of aliphatic hydroxyl groups excluding tert-OH is 1. The van der Waals surface area contributed by atoms with E-state index in [4.69, 9.17) is 4.74 Å². The molecule has 0 aliphatic carbocycles. The largest absolute Gasteiger partial charge is 0.462 e. The van der Waals surface area contributed by atoms with Gasteiger partial charge in [0, 0.05) is 25.3 Å². The van der Waals surface area contributed by atoms with E-state index in [-0.39, 0.29) is 12.0 Å². The van der Waals surface area contributed by atoms with Crippen LogP contribution in [0.3, 0.4) is 0 Å². The summed E-state index contributed by atoms with van der Waals surface area (Å²) >= 11 is 0. The molecule has 0 bridgehead atoms. The maximum absolute atomic E-state index is 12.1. The zero-order valence-corrected chi connectivity index (χ0v) is 12.8. The molecular weight excluding hydrogens is 270 g/mol. The van der Waals surface area contributed by atoms with Crippen molar-refractivity contribution in [3.63, 3.8) is 0 Å². The number of carbonyl (C=O) groups excluding carboxylic acids is 1. The highest BCUT2D eigenvalue weighted by Gasteiger charge is 2.34. The molecule has 1 fully saturated rings. The first-order chi connectivity index (χ1) is 10.0. The van der Waals surface area contributed by atoms with Crippen LogP contribution in [0, 0.1) is 0 Å². The molecule has 1 aromatic heterocycles. The predicted octanol–water partition coefficient (Wildman–Crippen LogP) is 0.759. The number of β-amino-alcohol motifs (C(OH)–C–C–N with tert-alkyl or cyclic N) is 1. The van der Waals surface area contributed by atoms with Crippen molar-refractivity contribution in [1.82, 2.24) is 9.88 Å². The minimum absolute atomic E-state index is 0.137. The molecule has 1 saturated heterocycles. The third-order valence-electron chi connectivity index (χ3n) is 3.52. The van der Waals surface area contributed by atoms with E-state index in [2.05, 4.69) is 9.88 Å². The lowest BCUT2D eigenvalue weighted by molar-refractivity contribution is 0.0526. The zero-order valence-electron chi connectivity index (χ0n) is 12.8. The fourth-order valence-electron chi connectivity index (χ4n) is 2.74. The van der Waals surface area contributed by atoms with E-state index in [0.29, 0.717) is 31.0 Å². The second-order valence-corrected chi connectivity index (χ2v) is 5.55. The molecule has 2 atom stereocenters. The molecule has 2 unspecified atom stereocenters. The van der Waals surface area contributed by atoms with E-state index in [1.54, 1.807) is 25.3 Å². The number of hydrogen-bond acceptors (Lipinski definition) is 6. The summed E-state index contributed by atoms with van der Waals surface area (Å²) in [6.07, 6.45) is 1.94. The first-order valence-corrected chi connectivity index (χ1v) is 7.24. The minimum atomic E-state index is -0.396. The van der Waals surface area contributed by atoms with E-state index < -0.39 is 6.10 Å². The average Bonchev–Trinajstić information content (AvgIpc) is 2.79. The molecule has 6 nitrogen and oxygen atoms in total. The average molecular weight is 293 g/mol. The Morgan fingerprint density at radius 2 is 2.33 bits per heavy atom. The number of nitrogens with zero attached hydrogens (tertiary/aromatic N) is 3. The highest BCUT2D eigenvalue weighted by atomic mass is 16.5. The van der Waals surface area contributed by atoms with Gasteiger partial charge in [0.15, 0.2) is 0 Å². The summed E-state index contributed by atoms with van der Waals surface area (Å²) in [6, 6.07) is 3.58. The quantitative estimate of drug-likeness (QED) is 0.809. The van der Waals surface area contributed by atoms with Crippen LogP contribution in [0.4, 0.5) is 5.82 Å². The van der Waals surface area contributed by atoms with E-state index in [0.717, 1.165) is 6.54 Å². The van der Waals surface area contributed by atoms with Crippen molar-refractivity contribution >= 4 is 11.8 Å². The Kier molecular flexibility index (Phi) is 5.14. The van der Waals surface area contributed by atoms with Gasteiger partial charge in [-0.25, -0.2) is 9.78 Å². The fraction of sp³-hybridized carbons (Fsp3) is 0.600. The number of ether oxygens (including phenoxy) is 1. The monoisotopic (exact) mass is 293 g/mol. The van der Waals surface area contributed by atoms with Gasteiger partial charge in [-0.2, -0.15) is 0 Å². The number of rotatable bonds is 5. The highest BCUT2D eigenvalue weighted by Crippen LogP contribution is 2.27. The Hall–Kier alpha value is -1.66. The Morgan fingerprint density at radius 1 is 1.57 bits per heavy atom. The number of likely N-dealkylation sites (N-methyl/N-ethyl adjacent to an activating group) is 1. The van der Waals surface area contributed by atoms with Crippen molar-refractivity contribution in [2.75, 3.05) is 38.7 Å². The van der Waals surface area contributed by atoms with Crippen molar-refractivity contribution in [2.24, 2.45) is 0 Å². The van der Waals surface area contributed by atoms with E-state index in [1.165, 1.54) is 0 Å². The molecule has 6 heteroatoms. The second-order valence-electron chi connectivity index (χ2n) is 5.55. The molecular formula is C15H23N3O3. The third-order valence-corrected chi connectivity index (χ3v) is 3.52. The van der Waals surface area contributed by atoms with Crippen LogP contribution in [0.5, 0.6) is 0 Å². The number of esters is 1. The number of pyridine rings is 1. The van der Waals surface area contributed by atoms with Gasteiger partial charge in [0.25, 0.3) is 0 Å². The van der Waals surface area contributed by atoms with Crippen LogP contribution in [0.1, 0.15) is 23.7 Å². The summed E-state index contributed by atoms with van der Waals surface area (Å²) in [5.41, 5.74) is 0.456. The van der Waals surface area contributed by atoms with Crippen LogP contribution < -0.4 is 4.90 Å². The maximum atomic E-state index is 12.1. The van der Waals surface area contributed by atoms with Gasteiger partial charge in [0.2, 0.25) is 0 Å². The molecule has 21 heavy (non-hydrogen) atoms. The summed E-state index contributed by atoms with van der Waals surface area (Å²) in [5.74, 6) is 0.227. The van der Waals surface area contributed by atoms with Crippen molar-refractivity contribution in [1.29, 1.82) is 0 Å². The Bertz CT molecular complexity index is 493. The molecule has 0 saturated carbocycles. The summed E-state index contributed by atoms with van der Waals surface area (Å²) in [5, 5.41) is 9.97. The molecule has 1 N–H and O–H groups in total. The van der Waals surface area contributed by atoms with Crippen LogP contribution in [-0.4, -0.2) is 66.9 Å². The smallest absolute Gasteiger partial charge is 0.341 e.